The number of esters is 1. The quantitative estimate of drug-likeness (QED) is 0.506. The van der Waals surface area contributed by atoms with Crippen LogP contribution in [0.15, 0.2) is 35.7 Å². The lowest BCUT2D eigenvalue weighted by Crippen LogP contribution is -2.38. The molecule has 1 aromatic carbocycles. The Bertz CT molecular complexity index is 942. The number of benzene rings is 1. The topological polar surface area (TPSA) is 75.7 Å². The number of ether oxygens (including phenoxy) is 1. The van der Waals surface area contributed by atoms with E-state index < -0.39 is 11.9 Å². The van der Waals surface area contributed by atoms with E-state index in [1.165, 1.54) is 28.0 Å². The summed E-state index contributed by atoms with van der Waals surface area (Å²) in [7, 11) is 0. The Labute approximate surface area is 182 Å². The van der Waals surface area contributed by atoms with Gasteiger partial charge in [0.15, 0.2) is 0 Å². The number of thiocarbonyl (C=S) groups is 1. The highest BCUT2D eigenvalue weighted by atomic mass is 32.2. The number of amides is 2. The molecule has 0 bridgehead atoms. The van der Waals surface area contributed by atoms with Crippen molar-refractivity contribution >= 4 is 62.4 Å². The van der Waals surface area contributed by atoms with Gasteiger partial charge >= 0.3 is 5.97 Å². The van der Waals surface area contributed by atoms with Crippen molar-refractivity contribution in [3.05, 3.63) is 41.3 Å². The van der Waals surface area contributed by atoms with Crippen LogP contribution in [0.1, 0.15) is 30.6 Å². The first-order chi connectivity index (χ1) is 14.0. The maximum Gasteiger partial charge on any atom is 0.341 e. The van der Waals surface area contributed by atoms with Crippen LogP contribution < -0.4 is 5.32 Å². The number of thioether (sulfide) groups is 1. The van der Waals surface area contributed by atoms with Gasteiger partial charge in [0.25, 0.3) is 0 Å². The molecule has 0 aliphatic carbocycles. The van der Waals surface area contributed by atoms with Crippen molar-refractivity contribution in [3.63, 3.8) is 0 Å². The van der Waals surface area contributed by atoms with Gasteiger partial charge in [-0.2, -0.15) is 0 Å². The van der Waals surface area contributed by atoms with E-state index in [2.05, 4.69) is 5.32 Å². The van der Waals surface area contributed by atoms with E-state index in [-0.39, 0.29) is 24.3 Å². The molecule has 0 radical (unpaired) electrons. The SMILES string of the molecule is CCOC(=O)c1c(-c2ccccc2)csc1NC(=O)CN1C(=O)C(CC)SC1=S. The van der Waals surface area contributed by atoms with E-state index in [0.29, 0.717) is 26.9 Å². The van der Waals surface area contributed by atoms with Crippen LogP contribution in [0.5, 0.6) is 0 Å². The number of anilines is 1. The minimum absolute atomic E-state index is 0.153. The third-order valence-electron chi connectivity index (χ3n) is 4.29. The highest BCUT2D eigenvalue weighted by Crippen LogP contribution is 2.36. The predicted octanol–water partition coefficient (Wildman–Crippen LogP) is 4.17. The molecule has 2 aromatic rings. The molecule has 1 N–H and O–H groups in total. The number of hydrogen-bond acceptors (Lipinski definition) is 7. The molecular formula is C20H20N2O4S3. The summed E-state index contributed by atoms with van der Waals surface area (Å²) in [5.74, 6) is -1.07. The van der Waals surface area contributed by atoms with Crippen LogP contribution in [-0.2, 0) is 14.3 Å². The average molecular weight is 449 g/mol. The molecule has 0 spiro atoms. The monoisotopic (exact) mass is 448 g/mol. The van der Waals surface area contributed by atoms with Gasteiger partial charge < -0.3 is 10.1 Å². The van der Waals surface area contributed by atoms with Gasteiger partial charge in [-0.25, -0.2) is 4.79 Å². The lowest BCUT2D eigenvalue weighted by molar-refractivity contribution is -0.129. The molecule has 2 amide bonds. The Kier molecular flexibility index (Phi) is 7.05. The summed E-state index contributed by atoms with van der Waals surface area (Å²) in [6.07, 6.45) is 0.653. The highest BCUT2D eigenvalue weighted by molar-refractivity contribution is 8.24. The number of nitrogens with one attached hydrogen (secondary N) is 1. The number of hydrogen-bond donors (Lipinski definition) is 1. The molecule has 1 aromatic heterocycles. The molecule has 152 valence electrons. The molecule has 6 nitrogen and oxygen atoms in total. The van der Waals surface area contributed by atoms with Crippen LogP contribution in [-0.4, -0.2) is 45.4 Å². The zero-order chi connectivity index (χ0) is 21.0. The van der Waals surface area contributed by atoms with Crippen LogP contribution in [0.2, 0.25) is 0 Å². The van der Waals surface area contributed by atoms with E-state index >= 15 is 0 Å². The number of nitrogens with zero attached hydrogens (tertiary/aromatic N) is 1. The maximum absolute atomic E-state index is 12.6. The van der Waals surface area contributed by atoms with Gasteiger partial charge in [-0.05, 0) is 18.9 Å². The number of carbonyl (C=O) groups is 3. The smallest absolute Gasteiger partial charge is 0.341 e. The fraction of sp³-hybridized carbons (Fsp3) is 0.300. The fourth-order valence-electron chi connectivity index (χ4n) is 2.90. The van der Waals surface area contributed by atoms with Gasteiger partial charge in [0, 0.05) is 10.9 Å². The van der Waals surface area contributed by atoms with Crippen LogP contribution >= 0.6 is 35.3 Å². The molecule has 2 heterocycles. The second kappa shape index (κ2) is 9.51. The highest BCUT2D eigenvalue weighted by Gasteiger charge is 2.36. The third kappa shape index (κ3) is 4.68. The summed E-state index contributed by atoms with van der Waals surface area (Å²) in [6, 6.07) is 9.42. The summed E-state index contributed by atoms with van der Waals surface area (Å²) in [5.41, 5.74) is 1.86. The number of rotatable bonds is 7. The Morgan fingerprint density at radius 1 is 1.24 bits per heavy atom. The standard InChI is InChI=1S/C20H20N2O4S3/c1-3-14-18(24)22(20(27)29-14)10-15(23)21-17-16(19(25)26-4-2)13(11-28-17)12-8-6-5-7-9-12/h5-9,11,14H,3-4,10H2,1-2H3,(H,21,23). The predicted molar refractivity (Wildman–Crippen MR) is 120 cm³/mol. The first kappa shape index (κ1) is 21.5. The lowest BCUT2D eigenvalue weighted by Gasteiger charge is -2.15. The third-order valence-corrected chi connectivity index (χ3v) is 6.93. The minimum atomic E-state index is -0.503. The van der Waals surface area contributed by atoms with Crippen molar-refractivity contribution < 1.29 is 19.1 Å². The van der Waals surface area contributed by atoms with E-state index in [1.807, 2.05) is 42.6 Å². The van der Waals surface area contributed by atoms with Crippen LogP contribution in [0.25, 0.3) is 11.1 Å². The summed E-state index contributed by atoms with van der Waals surface area (Å²) >= 11 is 7.78. The van der Waals surface area contributed by atoms with Crippen molar-refractivity contribution in [2.75, 3.05) is 18.5 Å². The fourth-order valence-corrected chi connectivity index (χ4v) is 5.29. The molecule has 1 aliphatic heterocycles. The molecule has 1 fully saturated rings. The second-order valence-electron chi connectivity index (χ2n) is 6.19. The summed E-state index contributed by atoms with van der Waals surface area (Å²) in [4.78, 5) is 38.9. The maximum atomic E-state index is 12.6. The first-order valence-corrected chi connectivity index (χ1v) is 11.3. The molecule has 1 aliphatic rings. The molecular weight excluding hydrogens is 428 g/mol. The lowest BCUT2D eigenvalue weighted by atomic mass is 10.0. The Balaban J connectivity index is 1.82. The van der Waals surface area contributed by atoms with Crippen LogP contribution in [0, 0.1) is 0 Å². The summed E-state index contributed by atoms with van der Waals surface area (Å²) in [5, 5.41) is 4.72. The average Bonchev–Trinajstić information content (AvgIpc) is 3.24. The number of thiophene rings is 1. The van der Waals surface area contributed by atoms with Crippen molar-refractivity contribution in [1.29, 1.82) is 0 Å². The van der Waals surface area contributed by atoms with E-state index in [1.54, 1.807) is 6.92 Å². The zero-order valence-electron chi connectivity index (χ0n) is 16.0. The molecule has 1 atom stereocenters. The Morgan fingerprint density at radius 2 is 1.97 bits per heavy atom. The first-order valence-electron chi connectivity index (χ1n) is 9.12. The Hall–Kier alpha value is -2.23. The van der Waals surface area contributed by atoms with Gasteiger partial charge in [0.05, 0.1) is 11.9 Å². The summed E-state index contributed by atoms with van der Waals surface area (Å²) < 4.78 is 5.60. The molecule has 1 unspecified atom stereocenters. The molecule has 1 saturated heterocycles. The van der Waals surface area contributed by atoms with E-state index in [4.69, 9.17) is 17.0 Å². The number of carbonyl (C=O) groups excluding carboxylic acids is 3. The Morgan fingerprint density at radius 3 is 2.59 bits per heavy atom. The second-order valence-corrected chi connectivity index (χ2v) is 8.91. The summed E-state index contributed by atoms with van der Waals surface area (Å²) in [6.45, 7) is 3.68. The van der Waals surface area contributed by atoms with Gasteiger partial charge in [-0.15, -0.1) is 11.3 Å². The molecule has 29 heavy (non-hydrogen) atoms. The molecule has 3 rings (SSSR count). The minimum Gasteiger partial charge on any atom is -0.462 e. The van der Waals surface area contributed by atoms with Crippen molar-refractivity contribution in [3.8, 4) is 11.1 Å². The van der Waals surface area contributed by atoms with Gasteiger partial charge in [0.2, 0.25) is 11.8 Å². The molecule has 0 saturated carbocycles. The normalized spacial score (nSPS) is 16.2. The zero-order valence-corrected chi connectivity index (χ0v) is 18.4. The van der Waals surface area contributed by atoms with Crippen LogP contribution in [0.4, 0.5) is 5.00 Å². The van der Waals surface area contributed by atoms with Gasteiger partial charge in [-0.1, -0.05) is 61.2 Å². The van der Waals surface area contributed by atoms with Crippen molar-refractivity contribution in [2.45, 2.75) is 25.5 Å². The van der Waals surface area contributed by atoms with E-state index in [9.17, 15) is 14.4 Å². The van der Waals surface area contributed by atoms with Crippen LogP contribution in [0.3, 0.4) is 0 Å². The van der Waals surface area contributed by atoms with Gasteiger partial charge in [0.1, 0.15) is 21.4 Å². The molecule has 9 heteroatoms. The van der Waals surface area contributed by atoms with Gasteiger partial charge in [-0.3, -0.25) is 14.5 Å². The van der Waals surface area contributed by atoms with Crippen molar-refractivity contribution in [1.82, 2.24) is 4.90 Å². The largest absolute Gasteiger partial charge is 0.462 e. The van der Waals surface area contributed by atoms with Crippen molar-refractivity contribution in [2.24, 2.45) is 0 Å². The van der Waals surface area contributed by atoms with E-state index in [0.717, 1.165) is 5.56 Å².